The monoisotopic (exact) mass is 484 g/mol. The number of amides is 1. The minimum absolute atomic E-state index is 0.224. The van der Waals surface area contributed by atoms with Crippen molar-refractivity contribution in [3.8, 4) is 0 Å². The lowest BCUT2D eigenvalue weighted by Crippen LogP contribution is -2.16. The van der Waals surface area contributed by atoms with Gasteiger partial charge in [0.2, 0.25) is 5.91 Å². The van der Waals surface area contributed by atoms with Gasteiger partial charge >= 0.3 is 0 Å². The molecule has 0 saturated heterocycles. The van der Waals surface area contributed by atoms with Crippen molar-refractivity contribution in [2.24, 2.45) is 11.5 Å². The van der Waals surface area contributed by atoms with Crippen molar-refractivity contribution in [3.05, 3.63) is 0 Å². The standard InChI is InChI=1S/C21H44N2O10/c22-2-4-26-6-8-28-10-12-30-14-16-32-18-20-33-19-17-31-15-13-29-11-9-27-7-5-25-3-1-21(23)24/h1-20,22H2,(H2,23,24). The van der Waals surface area contributed by atoms with Crippen molar-refractivity contribution >= 4 is 5.91 Å². The molecule has 0 heterocycles. The Kier molecular flexibility index (Phi) is 28.3. The van der Waals surface area contributed by atoms with E-state index in [4.69, 9.17) is 54.1 Å². The molecular formula is C21H44N2O10. The fourth-order valence-electron chi connectivity index (χ4n) is 2.12. The van der Waals surface area contributed by atoms with Gasteiger partial charge in [-0.2, -0.15) is 0 Å². The zero-order chi connectivity index (χ0) is 24.1. The average molecular weight is 485 g/mol. The minimum atomic E-state index is -0.371. The fraction of sp³-hybridized carbons (Fsp3) is 0.952. The molecule has 33 heavy (non-hydrogen) atoms. The van der Waals surface area contributed by atoms with Crippen molar-refractivity contribution in [2.75, 3.05) is 125 Å². The van der Waals surface area contributed by atoms with Crippen LogP contribution in [0.3, 0.4) is 0 Å². The molecule has 12 heteroatoms. The van der Waals surface area contributed by atoms with Gasteiger partial charge < -0.3 is 54.1 Å². The van der Waals surface area contributed by atoms with Crippen LogP contribution in [0.2, 0.25) is 0 Å². The highest BCUT2D eigenvalue weighted by Gasteiger charge is 1.96. The lowest BCUT2D eigenvalue weighted by atomic mass is 10.4. The Balaban J connectivity index is 3.01. The predicted octanol–water partition coefficient (Wildman–Crippen LogP) is -1.03. The minimum Gasteiger partial charge on any atom is -0.379 e. The Morgan fingerprint density at radius 2 is 0.606 bits per heavy atom. The quantitative estimate of drug-likeness (QED) is 0.125. The highest BCUT2D eigenvalue weighted by Crippen LogP contribution is 1.86. The maximum absolute atomic E-state index is 10.5. The van der Waals surface area contributed by atoms with Crippen molar-refractivity contribution in [3.63, 3.8) is 0 Å². The largest absolute Gasteiger partial charge is 0.379 e. The van der Waals surface area contributed by atoms with Crippen LogP contribution in [0, 0.1) is 0 Å². The van der Waals surface area contributed by atoms with Crippen molar-refractivity contribution < 1.29 is 47.4 Å². The molecule has 0 bridgehead atoms. The summed E-state index contributed by atoms with van der Waals surface area (Å²) in [4.78, 5) is 10.5. The summed E-state index contributed by atoms with van der Waals surface area (Å²) in [5.41, 5.74) is 10.3. The summed E-state index contributed by atoms with van der Waals surface area (Å²) < 4.78 is 48.0. The van der Waals surface area contributed by atoms with Crippen molar-refractivity contribution in [1.29, 1.82) is 0 Å². The molecule has 0 atom stereocenters. The Morgan fingerprint density at radius 1 is 0.394 bits per heavy atom. The van der Waals surface area contributed by atoms with Gasteiger partial charge in [0.1, 0.15) is 0 Å². The number of carbonyl (C=O) groups excluding carboxylic acids is 1. The van der Waals surface area contributed by atoms with Gasteiger partial charge in [-0.05, 0) is 0 Å². The Labute approximate surface area is 197 Å². The first-order valence-corrected chi connectivity index (χ1v) is 11.5. The fourth-order valence-corrected chi connectivity index (χ4v) is 2.12. The summed E-state index contributed by atoms with van der Waals surface area (Å²) in [7, 11) is 0. The van der Waals surface area contributed by atoms with Crippen LogP contribution >= 0.6 is 0 Å². The molecule has 0 rings (SSSR count). The smallest absolute Gasteiger partial charge is 0.219 e. The molecule has 0 aromatic heterocycles. The molecule has 12 nitrogen and oxygen atoms in total. The van der Waals surface area contributed by atoms with Crippen LogP contribution in [0.25, 0.3) is 0 Å². The molecule has 0 saturated carbocycles. The number of ether oxygens (including phenoxy) is 9. The van der Waals surface area contributed by atoms with E-state index < -0.39 is 0 Å². The van der Waals surface area contributed by atoms with Crippen LogP contribution in [0.4, 0.5) is 0 Å². The molecule has 0 aliphatic heterocycles. The number of hydrogen-bond acceptors (Lipinski definition) is 11. The van der Waals surface area contributed by atoms with Crippen molar-refractivity contribution in [1.82, 2.24) is 0 Å². The molecule has 0 unspecified atom stereocenters. The number of primary amides is 1. The number of carbonyl (C=O) groups is 1. The van der Waals surface area contributed by atoms with Gasteiger partial charge in [-0.1, -0.05) is 0 Å². The molecule has 0 spiro atoms. The third-order valence-corrected chi connectivity index (χ3v) is 3.73. The van der Waals surface area contributed by atoms with E-state index in [0.717, 1.165) is 0 Å². The normalized spacial score (nSPS) is 11.3. The van der Waals surface area contributed by atoms with Gasteiger partial charge in [0, 0.05) is 13.0 Å². The van der Waals surface area contributed by atoms with Gasteiger partial charge in [-0.15, -0.1) is 0 Å². The van der Waals surface area contributed by atoms with E-state index in [-0.39, 0.29) is 12.3 Å². The molecule has 1 amide bonds. The summed E-state index contributed by atoms with van der Waals surface area (Å²) in [5, 5.41) is 0. The van der Waals surface area contributed by atoms with Crippen LogP contribution in [-0.4, -0.2) is 131 Å². The molecule has 0 fully saturated rings. The highest BCUT2D eigenvalue weighted by atomic mass is 16.6. The first-order valence-electron chi connectivity index (χ1n) is 11.5. The Morgan fingerprint density at radius 3 is 0.818 bits per heavy atom. The molecule has 0 aromatic rings. The van der Waals surface area contributed by atoms with E-state index in [9.17, 15) is 4.79 Å². The number of nitrogens with two attached hydrogens (primary N) is 2. The van der Waals surface area contributed by atoms with Crippen LogP contribution in [0.15, 0.2) is 0 Å². The summed E-state index contributed by atoms with van der Waals surface area (Å²) >= 11 is 0. The summed E-state index contributed by atoms with van der Waals surface area (Å²) in [5.74, 6) is -0.371. The first-order chi connectivity index (χ1) is 16.3. The van der Waals surface area contributed by atoms with E-state index >= 15 is 0 Å². The number of rotatable bonds is 29. The van der Waals surface area contributed by atoms with E-state index in [1.165, 1.54) is 0 Å². The molecule has 4 N–H and O–H groups in total. The third kappa shape index (κ3) is 31.1. The average Bonchev–Trinajstić information content (AvgIpc) is 2.80. The molecule has 0 aliphatic rings. The second kappa shape index (κ2) is 29.1. The first kappa shape index (κ1) is 32.1. The van der Waals surface area contributed by atoms with E-state index in [2.05, 4.69) is 0 Å². The van der Waals surface area contributed by atoms with E-state index in [1.54, 1.807) is 0 Å². The SMILES string of the molecule is NCCOCCOCCOCCOCCOCCOCCOCCOCCOCCC(N)=O. The van der Waals surface area contributed by atoms with Gasteiger partial charge in [0.15, 0.2) is 0 Å². The molecule has 0 aliphatic carbocycles. The van der Waals surface area contributed by atoms with Crippen LogP contribution in [0.5, 0.6) is 0 Å². The van der Waals surface area contributed by atoms with E-state index in [0.29, 0.717) is 125 Å². The van der Waals surface area contributed by atoms with Gasteiger partial charge in [0.05, 0.1) is 119 Å². The molecule has 198 valence electrons. The summed E-state index contributed by atoms with van der Waals surface area (Å²) in [6.45, 7) is 9.46. The van der Waals surface area contributed by atoms with Gasteiger partial charge in [-0.25, -0.2) is 0 Å². The lowest BCUT2D eigenvalue weighted by molar-refractivity contribution is -0.119. The predicted molar refractivity (Wildman–Crippen MR) is 120 cm³/mol. The van der Waals surface area contributed by atoms with Gasteiger partial charge in [0.25, 0.3) is 0 Å². The zero-order valence-electron chi connectivity index (χ0n) is 19.9. The Bertz CT molecular complexity index is 394. The lowest BCUT2D eigenvalue weighted by Gasteiger charge is -2.08. The topological polar surface area (TPSA) is 152 Å². The van der Waals surface area contributed by atoms with Gasteiger partial charge in [-0.3, -0.25) is 4.79 Å². The van der Waals surface area contributed by atoms with Crippen molar-refractivity contribution in [2.45, 2.75) is 6.42 Å². The third-order valence-electron chi connectivity index (χ3n) is 3.73. The maximum Gasteiger partial charge on any atom is 0.219 e. The van der Waals surface area contributed by atoms with E-state index in [1.807, 2.05) is 0 Å². The molecule has 0 aromatic carbocycles. The number of hydrogen-bond donors (Lipinski definition) is 2. The van der Waals surface area contributed by atoms with Crippen LogP contribution in [-0.2, 0) is 47.4 Å². The Hall–Kier alpha value is -0.930. The maximum atomic E-state index is 10.5. The van der Waals surface area contributed by atoms with Crippen LogP contribution in [0.1, 0.15) is 6.42 Å². The summed E-state index contributed by atoms with van der Waals surface area (Å²) in [6, 6.07) is 0. The zero-order valence-corrected chi connectivity index (χ0v) is 19.9. The second-order valence-corrected chi connectivity index (χ2v) is 6.52. The second-order valence-electron chi connectivity index (χ2n) is 6.52. The molecular weight excluding hydrogens is 440 g/mol. The highest BCUT2D eigenvalue weighted by molar-refractivity contribution is 5.73. The summed E-state index contributed by atoms with van der Waals surface area (Å²) in [6.07, 6.45) is 0.224. The molecule has 0 radical (unpaired) electrons. The van der Waals surface area contributed by atoms with Crippen LogP contribution < -0.4 is 11.5 Å².